The van der Waals surface area contributed by atoms with Crippen molar-refractivity contribution < 1.29 is 24.2 Å². The first kappa shape index (κ1) is 16.1. The molecule has 5 nitrogen and oxygen atoms in total. The Kier molecular flexibility index (Phi) is 3.58. The third-order valence-corrected chi connectivity index (χ3v) is 5.94. The van der Waals surface area contributed by atoms with E-state index in [-0.39, 0.29) is 17.5 Å². The topological polar surface area (TPSA) is 58.9 Å². The molecule has 1 unspecified atom stereocenters. The number of methoxy groups -OCH3 is 2. The lowest BCUT2D eigenvalue weighted by molar-refractivity contribution is -0.956. The Hall–Kier alpha value is -2.40. The van der Waals surface area contributed by atoms with E-state index in [2.05, 4.69) is 13.1 Å². The SMILES string of the molecule is COc1cc2c(cc1O)C1Cc3ccc(OC)c(O)c3C[N@+]1(C)CC2. The van der Waals surface area contributed by atoms with Crippen molar-refractivity contribution in [1.29, 1.82) is 0 Å². The fraction of sp³-hybridized carbons (Fsp3) is 0.400. The molecule has 5 heteroatoms. The molecular formula is C20H24NO4+. The minimum Gasteiger partial charge on any atom is -0.504 e. The van der Waals surface area contributed by atoms with Gasteiger partial charge in [0.15, 0.2) is 23.0 Å². The van der Waals surface area contributed by atoms with Crippen LogP contribution in [0.2, 0.25) is 0 Å². The van der Waals surface area contributed by atoms with Crippen LogP contribution in [0.1, 0.15) is 28.3 Å². The van der Waals surface area contributed by atoms with Gasteiger partial charge in [-0.05, 0) is 29.3 Å². The molecule has 0 spiro atoms. The molecule has 0 radical (unpaired) electrons. The van der Waals surface area contributed by atoms with Crippen LogP contribution in [0.25, 0.3) is 0 Å². The maximum atomic E-state index is 10.6. The number of hydrogen-bond donors (Lipinski definition) is 2. The highest BCUT2D eigenvalue weighted by Gasteiger charge is 2.44. The second-order valence-corrected chi connectivity index (χ2v) is 7.31. The summed E-state index contributed by atoms with van der Waals surface area (Å²) in [5.74, 6) is 1.52. The third kappa shape index (κ3) is 2.34. The summed E-state index contributed by atoms with van der Waals surface area (Å²) >= 11 is 0. The number of benzene rings is 2. The van der Waals surface area contributed by atoms with Crippen molar-refractivity contribution in [3.63, 3.8) is 0 Å². The first-order chi connectivity index (χ1) is 12.0. The fourth-order valence-corrected chi connectivity index (χ4v) is 4.46. The first-order valence-electron chi connectivity index (χ1n) is 8.58. The molecule has 0 saturated heterocycles. The van der Waals surface area contributed by atoms with Crippen molar-refractivity contribution in [1.82, 2.24) is 0 Å². The number of rotatable bonds is 2. The molecule has 0 bridgehead atoms. The molecule has 2 heterocycles. The Bertz CT molecular complexity index is 848. The third-order valence-electron chi connectivity index (χ3n) is 5.94. The minimum atomic E-state index is 0.193. The second-order valence-electron chi connectivity index (χ2n) is 7.31. The number of phenolic OH excluding ortho intramolecular Hbond substituents is 2. The number of likely N-dealkylation sites (N-methyl/N-ethyl adjacent to an activating group) is 1. The number of aromatic hydroxyl groups is 2. The molecule has 132 valence electrons. The average molecular weight is 342 g/mol. The first-order valence-corrected chi connectivity index (χ1v) is 8.58. The largest absolute Gasteiger partial charge is 0.504 e. The number of nitrogens with zero attached hydrogens (tertiary/aromatic N) is 1. The highest BCUT2D eigenvalue weighted by Crippen LogP contribution is 2.48. The summed E-state index contributed by atoms with van der Waals surface area (Å²) < 4.78 is 11.4. The summed E-state index contributed by atoms with van der Waals surface area (Å²) in [4.78, 5) is 0. The van der Waals surface area contributed by atoms with Crippen molar-refractivity contribution in [2.75, 3.05) is 27.8 Å². The monoisotopic (exact) mass is 342 g/mol. The standard InChI is InChI=1S/C20H23NO4/c1-21-7-6-13-9-19(25-3)17(22)10-14(13)16(21)8-12-4-5-18(24-2)20(23)15(12)11-21/h4-5,9-10,16H,6-8,11H2,1-3H3,(H-,22,23)/p+1/t16?,21-/m0/s1. The molecule has 2 aromatic carbocycles. The van der Waals surface area contributed by atoms with Gasteiger partial charge in [-0.3, -0.25) is 0 Å². The van der Waals surface area contributed by atoms with Crippen LogP contribution >= 0.6 is 0 Å². The van der Waals surface area contributed by atoms with E-state index < -0.39 is 0 Å². The molecule has 2 aliphatic rings. The van der Waals surface area contributed by atoms with E-state index in [1.54, 1.807) is 14.2 Å². The minimum absolute atomic E-state index is 0.193. The summed E-state index contributed by atoms with van der Waals surface area (Å²) in [6.07, 6.45) is 1.77. The molecule has 4 rings (SSSR count). The predicted octanol–water partition coefficient (Wildman–Crippen LogP) is 2.92. The van der Waals surface area contributed by atoms with E-state index in [9.17, 15) is 10.2 Å². The number of quaternary nitrogens is 1. The molecule has 2 atom stereocenters. The van der Waals surface area contributed by atoms with E-state index in [1.165, 1.54) is 11.1 Å². The zero-order valence-electron chi connectivity index (χ0n) is 14.9. The molecule has 0 aromatic heterocycles. The van der Waals surface area contributed by atoms with Gasteiger partial charge < -0.3 is 24.2 Å². The summed E-state index contributed by atoms with van der Waals surface area (Å²) in [5.41, 5.74) is 4.57. The average Bonchev–Trinajstić information content (AvgIpc) is 2.60. The highest BCUT2D eigenvalue weighted by atomic mass is 16.5. The van der Waals surface area contributed by atoms with Crippen LogP contribution in [0, 0.1) is 0 Å². The van der Waals surface area contributed by atoms with Gasteiger partial charge in [0.05, 0.1) is 33.4 Å². The molecule has 25 heavy (non-hydrogen) atoms. The summed E-state index contributed by atoms with van der Waals surface area (Å²) in [5, 5.41) is 20.8. The van der Waals surface area contributed by atoms with E-state index in [0.29, 0.717) is 11.5 Å². The van der Waals surface area contributed by atoms with Gasteiger partial charge in [-0.1, -0.05) is 6.07 Å². The molecule has 0 aliphatic carbocycles. The van der Waals surface area contributed by atoms with E-state index in [1.807, 2.05) is 18.2 Å². The Morgan fingerprint density at radius 1 is 1.04 bits per heavy atom. The van der Waals surface area contributed by atoms with Crippen molar-refractivity contribution in [3.05, 3.63) is 46.5 Å². The van der Waals surface area contributed by atoms with E-state index in [0.717, 1.165) is 41.5 Å². The van der Waals surface area contributed by atoms with Gasteiger partial charge in [-0.2, -0.15) is 0 Å². The van der Waals surface area contributed by atoms with Crippen LogP contribution in [0.5, 0.6) is 23.0 Å². The molecule has 2 aliphatic heterocycles. The van der Waals surface area contributed by atoms with Gasteiger partial charge in [-0.15, -0.1) is 0 Å². The molecule has 2 aromatic rings. The van der Waals surface area contributed by atoms with Crippen molar-refractivity contribution >= 4 is 0 Å². The maximum Gasteiger partial charge on any atom is 0.166 e. The lowest BCUT2D eigenvalue weighted by Crippen LogP contribution is -2.53. The maximum absolute atomic E-state index is 10.6. The van der Waals surface area contributed by atoms with Gasteiger partial charge in [-0.25, -0.2) is 0 Å². The van der Waals surface area contributed by atoms with Crippen LogP contribution in [0.4, 0.5) is 0 Å². The summed E-state index contributed by atoms with van der Waals surface area (Å²) in [6.45, 7) is 1.75. The molecular weight excluding hydrogens is 318 g/mol. The van der Waals surface area contributed by atoms with Gasteiger partial charge in [0.25, 0.3) is 0 Å². The van der Waals surface area contributed by atoms with Crippen molar-refractivity contribution in [3.8, 4) is 23.0 Å². The molecule has 0 fully saturated rings. The Labute approximate surface area is 147 Å². The summed E-state index contributed by atoms with van der Waals surface area (Å²) in [6, 6.07) is 7.98. The van der Waals surface area contributed by atoms with Crippen LogP contribution < -0.4 is 9.47 Å². The highest BCUT2D eigenvalue weighted by molar-refractivity contribution is 5.52. The zero-order valence-corrected chi connectivity index (χ0v) is 14.9. The summed E-state index contributed by atoms with van der Waals surface area (Å²) in [7, 11) is 5.39. The quantitative estimate of drug-likeness (QED) is 0.824. The Morgan fingerprint density at radius 3 is 2.52 bits per heavy atom. The van der Waals surface area contributed by atoms with Crippen LogP contribution in [0.3, 0.4) is 0 Å². The van der Waals surface area contributed by atoms with Gasteiger partial charge in [0, 0.05) is 18.4 Å². The second kappa shape index (κ2) is 5.56. The van der Waals surface area contributed by atoms with Gasteiger partial charge >= 0.3 is 0 Å². The number of fused-ring (bicyclic) bond motifs is 4. The van der Waals surface area contributed by atoms with Crippen LogP contribution in [0.15, 0.2) is 24.3 Å². The molecule has 0 saturated carbocycles. The Morgan fingerprint density at radius 2 is 1.80 bits per heavy atom. The fourth-order valence-electron chi connectivity index (χ4n) is 4.46. The van der Waals surface area contributed by atoms with Crippen LogP contribution in [-0.4, -0.2) is 42.5 Å². The van der Waals surface area contributed by atoms with Crippen molar-refractivity contribution in [2.24, 2.45) is 0 Å². The number of ether oxygens (including phenoxy) is 2. The number of phenols is 2. The normalized spacial score (nSPS) is 24.0. The lowest BCUT2D eigenvalue weighted by atomic mass is 9.81. The van der Waals surface area contributed by atoms with Crippen molar-refractivity contribution in [2.45, 2.75) is 25.4 Å². The lowest BCUT2D eigenvalue weighted by Gasteiger charge is -2.49. The van der Waals surface area contributed by atoms with Gasteiger partial charge in [0.2, 0.25) is 0 Å². The number of hydrogen-bond acceptors (Lipinski definition) is 4. The van der Waals surface area contributed by atoms with E-state index in [4.69, 9.17) is 9.47 Å². The smallest absolute Gasteiger partial charge is 0.166 e. The van der Waals surface area contributed by atoms with E-state index >= 15 is 0 Å². The Balaban J connectivity index is 1.82. The zero-order chi connectivity index (χ0) is 17.8. The molecule has 2 N–H and O–H groups in total. The van der Waals surface area contributed by atoms with Crippen LogP contribution in [-0.2, 0) is 19.4 Å². The van der Waals surface area contributed by atoms with Gasteiger partial charge in [0.1, 0.15) is 12.6 Å². The predicted molar refractivity (Wildman–Crippen MR) is 94.2 cm³/mol. The molecule has 0 amide bonds.